The number of allylic oxidation sites excluding steroid dienone is 15. The quantitative estimate of drug-likeness (QED) is 0.135. The summed E-state index contributed by atoms with van der Waals surface area (Å²) in [5, 5.41) is 53.4. The SMILES string of the molecule is CC(C=CC1(O)C(C)(C)CC(O)CC1(C)O)=CC=CC(C)=C/C=C/C=C(C)/C=C/C=C(\C)C=C=C1C(C)(C)CC(O)CC1(C)O. The zero-order valence-electron chi connectivity index (χ0n) is 29.2. The van der Waals surface area contributed by atoms with Crippen molar-refractivity contribution in [2.75, 3.05) is 0 Å². The van der Waals surface area contributed by atoms with Crippen molar-refractivity contribution in [1.29, 1.82) is 0 Å². The summed E-state index contributed by atoms with van der Waals surface area (Å²) in [5.74, 6) is 0. The second kappa shape index (κ2) is 15.2. The molecule has 5 heteroatoms. The minimum absolute atomic E-state index is 0.132. The van der Waals surface area contributed by atoms with Crippen molar-refractivity contribution in [3.05, 3.63) is 113 Å². The van der Waals surface area contributed by atoms with Crippen molar-refractivity contribution < 1.29 is 25.5 Å². The third-order valence-corrected chi connectivity index (χ3v) is 9.12. The number of hydrogen-bond acceptors (Lipinski definition) is 5. The van der Waals surface area contributed by atoms with Crippen LogP contribution in [0.4, 0.5) is 0 Å². The molecule has 0 aliphatic heterocycles. The summed E-state index contributed by atoms with van der Waals surface area (Å²) in [5.41, 5.74) is 3.34. The Hall–Kier alpha value is -2.76. The molecule has 0 bridgehead atoms. The van der Waals surface area contributed by atoms with Crippen molar-refractivity contribution in [2.45, 2.75) is 124 Å². The number of aliphatic hydroxyl groups is 5. The molecule has 2 rings (SSSR count). The van der Waals surface area contributed by atoms with E-state index in [1.807, 2.05) is 128 Å². The van der Waals surface area contributed by atoms with E-state index in [1.165, 1.54) is 0 Å². The van der Waals surface area contributed by atoms with Gasteiger partial charge in [0.2, 0.25) is 0 Å². The smallest absolute Gasteiger partial charge is 0.117 e. The van der Waals surface area contributed by atoms with Gasteiger partial charge in [0, 0.05) is 23.8 Å². The van der Waals surface area contributed by atoms with Crippen molar-refractivity contribution >= 4 is 0 Å². The van der Waals surface area contributed by atoms with Crippen molar-refractivity contribution in [3.8, 4) is 0 Å². The molecule has 0 spiro atoms. The summed E-state index contributed by atoms with van der Waals surface area (Å²) in [6, 6.07) is 0. The summed E-state index contributed by atoms with van der Waals surface area (Å²) < 4.78 is 0. The van der Waals surface area contributed by atoms with Gasteiger partial charge in [0.05, 0.1) is 23.4 Å². The van der Waals surface area contributed by atoms with Gasteiger partial charge in [-0.05, 0) is 77.5 Å². The molecule has 5 atom stereocenters. The largest absolute Gasteiger partial charge is 0.393 e. The second-order valence-corrected chi connectivity index (χ2v) is 14.9. The number of aliphatic hydroxyl groups excluding tert-OH is 2. The fraction of sp³-hybridized carbons (Fsp3) is 0.525. The highest BCUT2D eigenvalue weighted by Gasteiger charge is 2.58. The van der Waals surface area contributed by atoms with E-state index in [4.69, 9.17) is 0 Å². The molecule has 248 valence electrons. The number of hydrogen-bond donors (Lipinski definition) is 5. The van der Waals surface area contributed by atoms with Crippen LogP contribution in [0.3, 0.4) is 0 Å². The van der Waals surface area contributed by atoms with Crippen LogP contribution in [0, 0.1) is 10.8 Å². The van der Waals surface area contributed by atoms with Crippen LogP contribution in [-0.2, 0) is 0 Å². The van der Waals surface area contributed by atoms with Crippen LogP contribution in [-0.4, -0.2) is 54.5 Å². The predicted molar refractivity (Wildman–Crippen MR) is 187 cm³/mol. The van der Waals surface area contributed by atoms with Crippen molar-refractivity contribution in [3.63, 3.8) is 0 Å². The molecular weight excluding hydrogens is 560 g/mol. The minimum Gasteiger partial charge on any atom is -0.393 e. The highest BCUT2D eigenvalue weighted by atomic mass is 16.4. The van der Waals surface area contributed by atoms with Crippen LogP contribution in [0.2, 0.25) is 0 Å². The van der Waals surface area contributed by atoms with Crippen molar-refractivity contribution in [1.82, 2.24) is 0 Å². The van der Waals surface area contributed by atoms with Gasteiger partial charge in [0.25, 0.3) is 0 Å². The first-order valence-electron chi connectivity index (χ1n) is 16.0. The fourth-order valence-corrected chi connectivity index (χ4v) is 6.74. The van der Waals surface area contributed by atoms with E-state index >= 15 is 0 Å². The van der Waals surface area contributed by atoms with Crippen LogP contribution in [0.25, 0.3) is 0 Å². The van der Waals surface area contributed by atoms with Gasteiger partial charge in [-0.25, -0.2) is 0 Å². The second-order valence-electron chi connectivity index (χ2n) is 14.9. The molecule has 0 saturated heterocycles. The normalized spacial score (nSPS) is 33.5. The molecule has 2 saturated carbocycles. The van der Waals surface area contributed by atoms with Gasteiger partial charge < -0.3 is 25.5 Å². The minimum atomic E-state index is -1.45. The molecule has 2 aliphatic carbocycles. The Labute approximate surface area is 272 Å². The summed E-state index contributed by atoms with van der Waals surface area (Å²) in [4.78, 5) is 0. The van der Waals surface area contributed by atoms with Gasteiger partial charge in [-0.2, -0.15) is 0 Å². The van der Waals surface area contributed by atoms with Gasteiger partial charge >= 0.3 is 0 Å². The van der Waals surface area contributed by atoms with Crippen LogP contribution >= 0.6 is 0 Å². The van der Waals surface area contributed by atoms with Crippen LogP contribution in [0.5, 0.6) is 0 Å². The average molecular weight is 619 g/mol. The zero-order chi connectivity index (χ0) is 34.3. The lowest BCUT2D eigenvalue weighted by atomic mass is 9.57. The molecule has 0 radical (unpaired) electrons. The highest BCUT2D eigenvalue weighted by molar-refractivity contribution is 5.34. The molecular formula is C40H58O5. The molecule has 45 heavy (non-hydrogen) atoms. The topological polar surface area (TPSA) is 101 Å². The van der Waals surface area contributed by atoms with Gasteiger partial charge in [-0.1, -0.05) is 111 Å². The molecule has 0 aromatic carbocycles. The highest BCUT2D eigenvalue weighted by Crippen LogP contribution is 2.50. The maximum Gasteiger partial charge on any atom is 0.117 e. The molecule has 0 heterocycles. The van der Waals surface area contributed by atoms with Gasteiger partial charge in [-0.3, -0.25) is 0 Å². The monoisotopic (exact) mass is 618 g/mol. The van der Waals surface area contributed by atoms with E-state index in [2.05, 4.69) is 5.73 Å². The molecule has 0 amide bonds. The third kappa shape index (κ3) is 10.6. The van der Waals surface area contributed by atoms with E-state index in [0.29, 0.717) is 19.3 Å². The van der Waals surface area contributed by atoms with E-state index in [9.17, 15) is 25.5 Å². The Balaban J connectivity index is 1.99. The van der Waals surface area contributed by atoms with E-state index in [0.717, 1.165) is 27.9 Å². The van der Waals surface area contributed by atoms with Crippen LogP contribution < -0.4 is 0 Å². The Morgan fingerprint density at radius 1 is 0.622 bits per heavy atom. The molecule has 2 aliphatic rings. The van der Waals surface area contributed by atoms with Gasteiger partial charge in [0.1, 0.15) is 5.60 Å². The molecule has 0 aromatic heterocycles. The third-order valence-electron chi connectivity index (χ3n) is 9.12. The zero-order valence-corrected chi connectivity index (χ0v) is 29.2. The first-order chi connectivity index (χ1) is 20.6. The van der Waals surface area contributed by atoms with E-state index in [1.54, 1.807) is 19.9 Å². The standard InChI is InChI=1S/C40H58O5/c1-29(17-13-19-31(3)21-22-35-36(5,6)25-33(41)27-38(35,9)43)15-11-12-16-30(2)18-14-20-32(4)23-24-40(45)37(7,8)26-34(42)28-39(40,10)44/h11-21,23-24,33-34,41-45H,25-28H2,1-10H3/b12-11+,17-13+,18-14?,24-23?,29-15+,30-16?,31-19+,32-20?. The first-order valence-corrected chi connectivity index (χ1v) is 16.0. The predicted octanol–water partition coefficient (Wildman–Crippen LogP) is 7.67. The van der Waals surface area contributed by atoms with E-state index < -0.39 is 34.4 Å². The van der Waals surface area contributed by atoms with Gasteiger partial charge in [-0.15, -0.1) is 5.73 Å². The Morgan fingerprint density at radius 3 is 1.60 bits per heavy atom. The molecule has 5 unspecified atom stereocenters. The van der Waals surface area contributed by atoms with Crippen molar-refractivity contribution in [2.24, 2.45) is 10.8 Å². The lowest BCUT2D eigenvalue weighted by molar-refractivity contribution is -0.216. The molecule has 2 fully saturated rings. The maximum absolute atomic E-state index is 11.4. The first kappa shape index (κ1) is 38.4. The Morgan fingerprint density at radius 2 is 1.09 bits per heavy atom. The number of rotatable bonds is 9. The molecule has 5 N–H and O–H groups in total. The molecule has 5 nitrogen and oxygen atoms in total. The van der Waals surface area contributed by atoms with Crippen LogP contribution in [0.15, 0.2) is 113 Å². The molecule has 0 aromatic rings. The Kier molecular flexibility index (Phi) is 13.0. The maximum atomic E-state index is 11.4. The Bertz CT molecular complexity index is 1320. The summed E-state index contributed by atoms with van der Waals surface area (Å²) in [6.45, 7) is 19.2. The lowest BCUT2D eigenvalue weighted by Gasteiger charge is -2.54. The summed E-state index contributed by atoms with van der Waals surface area (Å²) >= 11 is 0. The fourth-order valence-electron chi connectivity index (χ4n) is 6.74. The van der Waals surface area contributed by atoms with E-state index in [-0.39, 0.29) is 11.8 Å². The lowest BCUT2D eigenvalue weighted by Crippen LogP contribution is -2.65. The average Bonchev–Trinajstić information content (AvgIpc) is 2.86. The van der Waals surface area contributed by atoms with Gasteiger partial charge in [0.15, 0.2) is 0 Å². The van der Waals surface area contributed by atoms with Crippen LogP contribution in [0.1, 0.15) is 94.9 Å². The summed E-state index contributed by atoms with van der Waals surface area (Å²) in [7, 11) is 0. The summed E-state index contributed by atoms with van der Waals surface area (Å²) in [6.07, 6.45) is 25.8.